The highest BCUT2D eigenvalue weighted by Crippen LogP contribution is 2.24. The summed E-state index contributed by atoms with van der Waals surface area (Å²) < 4.78 is 12.3. The van der Waals surface area contributed by atoms with Gasteiger partial charge in [0.15, 0.2) is 0 Å². The fraction of sp³-hybridized carbons (Fsp3) is 0.176. The van der Waals surface area contributed by atoms with Crippen LogP contribution in [0.4, 0.5) is 0 Å². The molecular formula is C17H17N3O3. The Bertz CT molecular complexity index is 809. The van der Waals surface area contributed by atoms with Crippen molar-refractivity contribution in [1.29, 1.82) is 0 Å². The first-order valence-corrected chi connectivity index (χ1v) is 7.14. The van der Waals surface area contributed by atoms with E-state index >= 15 is 0 Å². The Hall–Kier alpha value is -3.02. The molecular weight excluding hydrogens is 294 g/mol. The molecule has 0 aliphatic rings. The number of carbonyl (C=O) groups excluding carboxylic acids is 1. The average molecular weight is 311 g/mol. The third-order valence-electron chi connectivity index (χ3n) is 3.53. The molecule has 3 rings (SSSR count). The van der Waals surface area contributed by atoms with Crippen LogP contribution in [0.1, 0.15) is 16.1 Å². The highest BCUT2D eigenvalue weighted by molar-refractivity contribution is 5.92. The molecule has 2 heterocycles. The van der Waals surface area contributed by atoms with Crippen LogP contribution in [0.25, 0.3) is 5.65 Å². The molecule has 0 radical (unpaired) electrons. The van der Waals surface area contributed by atoms with Crippen molar-refractivity contribution in [1.82, 2.24) is 14.7 Å². The predicted molar refractivity (Wildman–Crippen MR) is 85.9 cm³/mol. The predicted octanol–water partition coefficient (Wildman–Crippen LogP) is 2.28. The van der Waals surface area contributed by atoms with Crippen molar-refractivity contribution in [3.63, 3.8) is 0 Å². The molecule has 1 amide bonds. The highest BCUT2D eigenvalue weighted by Gasteiger charge is 2.12. The first kappa shape index (κ1) is 14.9. The summed E-state index contributed by atoms with van der Waals surface area (Å²) in [5.74, 6) is 1.14. The van der Waals surface area contributed by atoms with E-state index in [9.17, 15) is 4.79 Å². The second kappa shape index (κ2) is 6.39. The largest absolute Gasteiger partial charge is 0.497 e. The van der Waals surface area contributed by atoms with Crippen LogP contribution in [-0.2, 0) is 6.54 Å². The Kier molecular flexibility index (Phi) is 4.14. The van der Waals surface area contributed by atoms with Crippen molar-refractivity contribution in [3.05, 3.63) is 60.0 Å². The molecule has 2 aromatic heterocycles. The van der Waals surface area contributed by atoms with E-state index in [-0.39, 0.29) is 5.91 Å². The van der Waals surface area contributed by atoms with Gasteiger partial charge in [0.1, 0.15) is 22.8 Å². The molecule has 0 unspecified atom stereocenters. The van der Waals surface area contributed by atoms with Gasteiger partial charge in [-0.05, 0) is 24.3 Å². The van der Waals surface area contributed by atoms with Gasteiger partial charge in [0.05, 0.1) is 14.2 Å². The Labute approximate surface area is 133 Å². The standard InChI is InChI=1S/C17H17N3O3/c1-22-13-7-6-12(15(9-13)23-2)10-18-17(21)14-11-20-8-4-3-5-16(20)19-14/h3-9,11H,10H2,1-2H3,(H,18,21). The maximum Gasteiger partial charge on any atom is 0.271 e. The van der Waals surface area contributed by atoms with Crippen LogP contribution in [-0.4, -0.2) is 29.5 Å². The Morgan fingerprint density at radius 3 is 2.83 bits per heavy atom. The van der Waals surface area contributed by atoms with Crippen LogP contribution >= 0.6 is 0 Å². The maximum absolute atomic E-state index is 12.3. The van der Waals surface area contributed by atoms with Crippen LogP contribution in [0.15, 0.2) is 48.8 Å². The van der Waals surface area contributed by atoms with Crippen LogP contribution in [0.2, 0.25) is 0 Å². The van der Waals surface area contributed by atoms with Crippen molar-refractivity contribution >= 4 is 11.6 Å². The van der Waals surface area contributed by atoms with Crippen LogP contribution in [0, 0.1) is 0 Å². The average Bonchev–Trinajstić information content (AvgIpc) is 3.03. The molecule has 6 nitrogen and oxygen atoms in total. The van der Waals surface area contributed by atoms with Gasteiger partial charge in [-0.25, -0.2) is 4.98 Å². The summed E-state index contributed by atoms with van der Waals surface area (Å²) in [6, 6.07) is 11.1. The molecule has 118 valence electrons. The third kappa shape index (κ3) is 3.11. The van der Waals surface area contributed by atoms with Crippen molar-refractivity contribution < 1.29 is 14.3 Å². The fourth-order valence-electron chi connectivity index (χ4n) is 2.31. The molecule has 0 spiro atoms. The van der Waals surface area contributed by atoms with Gasteiger partial charge >= 0.3 is 0 Å². The molecule has 1 aromatic carbocycles. The van der Waals surface area contributed by atoms with E-state index in [1.165, 1.54) is 0 Å². The lowest BCUT2D eigenvalue weighted by atomic mass is 10.2. The summed E-state index contributed by atoms with van der Waals surface area (Å²) in [7, 11) is 3.18. The SMILES string of the molecule is COc1ccc(CNC(=O)c2cn3ccccc3n2)c(OC)c1. The van der Waals surface area contributed by atoms with E-state index in [4.69, 9.17) is 9.47 Å². The zero-order valence-corrected chi connectivity index (χ0v) is 12.9. The van der Waals surface area contributed by atoms with Gasteiger partial charge in [0, 0.05) is 30.6 Å². The summed E-state index contributed by atoms with van der Waals surface area (Å²) in [5, 5.41) is 2.85. The molecule has 23 heavy (non-hydrogen) atoms. The van der Waals surface area contributed by atoms with E-state index in [0.717, 1.165) is 11.2 Å². The first-order valence-electron chi connectivity index (χ1n) is 7.14. The molecule has 0 fully saturated rings. The van der Waals surface area contributed by atoms with Crippen molar-refractivity contribution in [3.8, 4) is 11.5 Å². The second-order valence-corrected chi connectivity index (χ2v) is 4.95. The maximum atomic E-state index is 12.3. The minimum absolute atomic E-state index is 0.230. The van der Waals surface area contributed by atoms with Gasteiger partial charge in [0.25, 0.3) is 5.91 Å². The molecule has 0 atom stereocenters. The number of hydrogen-bond acceptors (Lipinski definition) is 4. The molecule has 3 aromatic rings. The molecule has 0 bridgehead atoms. The highest BCUT2D eigenvalue weighted by atomic mass is 16.5. The van der Waals surface area contributed by atoms with Crippen molar-refractivity contribution in [2.75, 3.05) is 14.2 Å². The number of nitrogens with one attached hydrogen (secondary N) is 1. The quantitative estimate of drug-likeness (QED) is 0.785. The Morgan fingerprint density at radius 1 is 1.22 bits per heavy atom. The number of rotatable bonds is 5. The number of ether oxygens (including phenoxy) is 2. The summed E-state index contributed by atoms with van der Waals surface area (Å²) in [6.07, 6.45) is 3.56. The summed E-state index contributed by atoms with van der Waals surface area (Å²) in [4.78, 5) is 16.6. The molecule has 0 aliphatic carbocycles. The lowest BCUT2D eigenvalue weighted by Gasteiger charge is -2.10. The molecule has 0 saturated carbocycles. The number of fused-ring (bicyclic) bond motifs is 1. The topological polar surface area (TPSA) is 64.9 Å². The second-order valence-electron chi connectivity index (χ2n) is 4.95. The fourth-order valence-corrected chi connectivity index (χ4v) is 2.31. The number of carbonyl (C=O) groups is 1. The molecule has 6 heteroatoms. The number of hydrogen-bond donors (Lipinski definition) is 1. The van der Waals surface area contributed by atoms with E-state index < -0.39 is 0 Å². The normalized spacial score (nSPS) is 10.5. The van der Waals surface area contributed by atoms with E-state index in [2.05, 4.69) is 10.3 Å². The minimum atomic E-state index is -0.230. The third-order valence-corrected chi connectivity index (χ3v) is 3.53. The van der Waals surface area contributed by atoms with Crippen molar-refractivity contribution in [2.24, 2.45) is 0 Å². The first-order chi connectivity index (χ1) is 11.2. The van der Waals surface area contributed by atoms with Gasteiger partial charge in [0.2, 0.25) is 0 Å². The number of aromatic nitrogens is 2. The molecule has 0 saturated heterocycles. The van der Waals surface area contributed by atoms with E-state index in [0.29, 0.717) is 23.7 Å². The number of nitrogens with zero attached hydrogens (tertiary/aromatic N) is 2. The van der Waals surface area contributed by atoms with Gasteiger partial charge in [-0.2, -0.15) is 0 Å². The van der Waals surface area contributed by atoms with E-state index in [1.807, 2.05) is 40.9 Å². The number of amides is 1. The number of methoxy groups -OCH3 is 2. The molecule has 1 N–H and O–H groups in total. The van der Waals surface area contributed by atoms with Crippen LogP contribution in [0.5, 0.6) is 11.5 Å². The zero-order chi connectivity index (χ0) is 16.2. The summed E-state index contributed by atoms with van der Waals surface area (Å²) in [6.45, 7) is 0.347. The van der Waals surface area contributed by atoms with Crippen LogP contribution < -0.4 is 14.8 Å². The zero-order valence-electron chi connectivity index (χ0n) is 12.9. The number of benzene rings is 1. The van der Waals surface area contributed by atoms with Gasteiger partial charge in [-0.1, -0.05) is 6.07 Å². The van der Waals surface area contributed by atoms with Gasteiger partial charge in [-0.15, -0.1) is 0 Å². The van der Waals surface area contributed by atoms with Gasteiger partial charge in [-0.3, -0.25) is 4.79 Å². The number of imidazole rings is 1. The monoisotopic (exact) mass is 311 g/mol. The Balaban J connectivity index is 1.73. The minimum Gasteiger partial charge on any atom is -0.497 e. The van der Waals surface area contributed by atoms with Gasteiger partial charge < -0.3 is 19.2 Å². The van der Waals surface area contributed by atoms with Crippen molar-refractivity contribution in [2.45, 2.75) is 6.54 Å². The smallest absolute Gasteiger partial charge is 0.271 e. The lowest BCUT2D eigenvalue weighted by Crippen LogP contribution is -2.23. The van der Waals surface area contributed by atoms with E-state index in [1.54, 1.807) is 26.5 Å². The number of pyridine rings is 1. The molecule has 0 aliphatic heterocycles. The Morgan fingerprint density at radius 2 is 2.09 bits per heavy atom. The van der Waals surface area contributed by atoms with Crippen LogP contribution in [0.3, 0.4) is 0 Å². The lowest BCUT2D eigenvalue weighted by molar-refractivity contribution is 0.0946. The summed E-state index contributed by atoms with van der Waals surface area (Å²) in [5.41, 5.74) is 1.98. The summed E-state index contributed by atoms with van der Waals surface area (Å²) >= 11 is 0.